The van der Waals surface area contributed by atoms with Gasteiger partial charge in [-0.25, -0.2) is 4.79 Å². The molecule has 1 saturated heterocycles. The van der Waals surface area contributed by atoms with Crippen molar-refractivity contribution < 1.29 is 9.53 Å². The van der Waals surface area contributed by atoms with Gasteiger partial charge in [-0.1, -0.05) is 6.07 Å². The van der Waals surface area contributed by atoms with Crippen LogP contribution >= 0.6 is 0 Å². The van der Waals surface area contributed by atoms with Gasteiger partial charge in [0.15, 0.2) is 0 Å². The molecule has 1 aliphatic heterocycles. The minimum absolute atomic E-state index is 0.0654. The van der Waals surface area contributed by atoms with Crippen molar-refractivity contribution in [1.29, 1.82) is 0 Å². The molecule has 1 fully saturated rings. The standard InChI is InChI=1S/C12H17N3O2/c1-15(8-10-3-2-5-13-7-10)12(16)14-11-4-6-17-9-11/h2-3,5,7,11H,4,6,8-9H2,1H3,(H,14,16). The first-order valence-corrected chi connectivity index (χ1v) is 5.74. The molecule has 1 N–H and O–H groups in total. The van der Waals surface area contributed by atoms with E-state index in [0.29, 0.717) is 13.2 Å². The first-order valence-electron chi connectivity index (χ1n) is 5.74. The van der Waals surface area contributed by atoms with Crippen LogP contribution in [-0.2, 0) is 11.3 Å². The van der Waals surface area contributed by atoms with Gasteiger partial charge in [-0.05, 0) is 18.1 Å². The number of amides is 2. The number of carbonyl (C=O) groups is 1. The Morgan fingerprint density at radius 1 is 1.71 bits per heavy atom. The van der Waals surface area contributed by atoms with Gasteiger partial charge in [0.05, 0.1) is 12.6 Å². The van der Waals surface area contributed by atoms with Gasteiger partial charge in [-0.15, -0.1) is 0 Å². The number of rotatable bonds is 3. The number of hydrogen-bond acceptors (Lipinski definition) is 3. The molecule has 1 aliphatic rings. The van der Waals surface area contributed by atoms with Crippen molar-refractivity contribution in [2.24, 2.45) is 0 Å². The highest BCUT2D eigenvalue weighted by molar-refractivity contribution is 5.74. The summed E-state index contributed by atoms with van der Waals surface area (Å²) in [6.45, 7) is 1.91. The topological polar surface area (TPSA) is 54.5 Å². The molecule has 1 atom stereocenters. The summed E-state index contributed by atoms with van der Waals surface area (Å²) in [5.41, 5.74) is 1.02. The smallest absolute Gasteiger partial charge is 0.317 e. The number of hydrogen-bond donors (Lipinski definition) is 1. The number of carbonyl (C=O) groups excluding carboxylic acids is 1. The molecule has 0 saturated carbocycles. The molecule has 0 bridgehead atoms. The van der Waals surface area contributed by atoms with Crippen LogP contribution in [0.15, 0.2) is 24.5 Å². The first-order chi connectivity index (χ1) is 8.25. The fourth-order valence-electron chi connectivity index (χ4n) is 1.77. The van der Waals surface area contributed by atoms with Crippen molar-refractivity contribution in [3.05, 3.63) is 30.1 Å². The van der Waals surface area contributed by atoms with E-state index in [4.69, 9.17) is 4.74 Å². The second-order valence-electron chi connectivity index (χ2n) is 4.23. The molecule has 1 aromatic heterocycles. The van der Waals surface area contributed by atoms with Crippen molar-refractivity contribution in [3.8, 4) is 0 Å². The quantitative estimate of drug-likeness (QED) is 0.850. The highest BCUT2D eigenvalue weighted by atomic mass is 16.5. The fourth-order valence-corrected chi connectivity index (χ4v) is 1.77. The normalized spacial score (nSPS) is 19.0. The molecule has 5 heteroatoms. The fraction of sp³-hybridized carbons (Fsp3) is 0.500. The molecule has 0 aliphatic carbocycles. The molecule has 92 valence electrons. The molecule has 0 spiro atoms. The van der Waals surface area contributed by atoms with Crippen LogP contribution in [0.1, 0.15) is 12.0 Å². The van der Waals surface area contributed by atoms with Gasteiger partial charge in [-0.3, -0.25) is 4.98 Å². The molecule has 2 heterocycles. The summed E-state index contributed by atoms with van der Waals surface area (Å²) in [5, 5.41) is 2.94. The molecule has 1 unspecified atom stereocenters. The number of nitrogens with one attached hydrogen (secondary N) is 1. The maximum absolute atomic E-state index is 11.8. The van der Waals surface area contributed by atoms with Gasteiger partial charge < -0.3 is 15.0 Å². The van der Waals surface area contributed by atoms with Gasteiger partial charge in [0.25, 0.3) is 0 Å². The third-order valence-electron chi connectivity index (χ3n) is 2.75. The van der Waals surface area contributed by atoms with Gasteiger partial charge in [0.2, 0.25) is 0 Å². The molecule has 2 amide bonds. The van der Waals surface area contributed by atoms with E-state index in [-0.39, 0.29) is 12.1 Å². The molecule has 5 nitrogen and oxygen atoms in total. The minimum atomic E-state index is -0.0654. The van der Waals surface area contributed by atoms with E-state index in [0.717, 1.165) is 18.6 Å². The zero-order chi connectivity index (χ0) is 12.1. The van der Waals surface area contributed by atoms with Crippen LogP contribution in [0.3, 0.4) is 0 Å². The average Bonchev–Trinajstić information content (AvgIpc) is 2.83. The lowest BCUT2D eigenvalue weighted by molar-refractivity contribution is 0.181. The van der Waals surface area contributed by atoms with Crippen molar-refractivity contribution in [2.45, 2.75) is 19.0 Å². The predicted molar refractivity (Wildman–Crippen MR) is 63.5 cm³/mol. The monoisotopic (exact) mass is 235 g/mol. The summed E-state index contributed by atoms with van der Waals surface area (Å²) in [5.74, 6) is 0. The summed E-state index contributed by atoms with van der Waals surface area (Å²) in [4.78, 5) is 17.5. The highest BCUT2D eigenvalue weighted by Crippen LogP contribution is 2.05. The summed E-state index contributed by atoms with van der Waals surface area (Å²) in [6.07, 6.45) is 4.38. The number of pyridine rings is 1. The lowest BCUT2D eigenvalue weighted by atomic mass is 10.2. The van der Waals surface area contributed by atoms with Crippen molar-refractivity contribution >= 4 is 6.03 Å². The van der Waals surface area contributed by atoms with E-state index in [1.54, 1.807) is 24.3 Å². The zero-order valence-electron chi connectivity index (χ0n) is 9.93. The largest absolute Gasteiger partial charge is 0.379 e. The third-order valence-corrected chi connectivity index (χ3v) is 2.75. The highest BCUT2D eigenvalue weighted by Gasteiger charge is 2.19. The number of ether oxygens (including phenoxy) is 1. The van der Waals surface area contributed by atoms with E-state index in [1.807, 2.05) is 12.1 Å². The maximum atomic E-state index is 11.8. The summed E-state index contributed by atoms with van der Waals surface area (Å²) >= 11 is 0. The number of nitrogens with zero attached hydrogens (tertiary/aromatic N) is 2. The van der Waals surface area contributed by atoms with E-state index in [9.17, 15) is 4.79 Å². The Morgan fingerprint density at radius 3 is 3.24 bits per heavy atom. The molecule has 0 aromatic carbocycles. The second-order valence-corrected chi connectivity index (χ2v) is 4.23. The minimum Gasteiger partial charge on any atom is -0.379 e. The predicted octanol–water partition coefficient (Wildman–Crippen LogP) is 1.01. The van der Waals surface area contributed by atoms with Gasteiger partial charge in [0, 0.05) is 32.6 Å². The summed E-state index contributed by atoms with van der Waals surface area (Å²) in [6, 6.07) is 3.91. The molecule has 2 rings (SSSR count). The van der Waals surface area contributed by atoms with Crippen molar-refractivity contribution in [3.63, 3.8) is 0 Å². The zero-order valence-corrected chi connectivity index (χ0v) is 9.93. The SMILES string of the molecule is CN(Cc1cccnc1)C(=O)NC1CCOC1. The van der Waals surface area contributed by atoms with Crippen LogP contribution in [0.5, 0.6) is 0 Å². The number of aromatic nitrogens is 1. The van der Waals surface area contributed by atoms with Crippen molar-refractivity contribution in [1.82, 2.24) is 15.2 Å². The Kier molecular flexibility index (Phi) is 3.93. The molecule has 0 radical (unpaired) electrons. The Hall–Kier alpha value is -1.62. The van der Waals surface area contributed by atoms with E-state index in [2.05, 4.69) is 10.3 Å². The third kappa shape index (κ3) is 3.42. The summed E-state index contributed by atoms with van der Waals surface area (Å²) < 4.78 is 5.21. The van der Waals surface area contributed by atoms with Gasteiger partial charge >= 0.3 is 6.03 Å². The van der Waals surface area contributed by atoms with Gasteiger partial charge in [-0.2, -0.15) is 0 Å². The Balaban J connectivity index is 1.82. The van der Waals surface area contributed by atoms with Crippen LogP contribution in [0.25, 0.3) is 0 Å². The first kappa shape index (κ1) is 11.9. The second kappa shape index (κ2) is 5.63. The molecule has 17 heavy (non-hydrogen) atoms. The van der Waals surface area contributed by atoms with Crippen molar-refractivity contribution in [2.75, 3.05) is 20.3 Å². The van der Waals surface area contributed by atoms with Crippen LogP contribution in [0.2, 0.25) is 0 Å². The Labute approximate surface area is 101 Å². The average molecular weight is 235 g/mol. The Morgan fingerprint density at radius 2 is 2.59 bits per heavy atom. The van der Waals surface area contributed by atoms with Crippen LogP contribution < -0.4 is 5.32 Å². The van der Waals surface area contributed by atoms with E-state index in [1.165, 1.54) is 0 Å². The Bertz CT molecular complexity index is 363. The van der Waals surface area contributed by atoms with Crippen LogP contribution in [0, 0.1) is 0 Å². The number of urea groups is 1. The maximum Gasteiger partial charge on any atom is 0.317 e. The molecular weight excluding hydrogens is 218 g/mol. The summed E-state index contributed by atoms with van der Waals surface area (Å²) in [7, 11) is 1.78. The molecule has 1 aromatic rings. The molecular formula is C12H17N3O2. The lowest BCUT2D eigenvalue weighted by Crippen LogP contribution is -2.43. The van der Waals surface area contributed by atoms with E-state index >= 15 is 0 Å². The van der Waals surface area contributed by atoms with Crippen LogP contribution in [0.4, 0.5) is 4.79 Å². The lowest BCUT2D eigenvalue weighted by Gasteiger charge is -2.20. The van der Waals surface area contributed by atoms with E-state index < -0.39 is 0 Å². The van der Waals surface area contributed by atoms with Gasteiger partial charge in [0.1, 0.15) is 0 Å². The van der Waals surface area contributed by atoms with Crippen LogP contribution in [-0.4, -0.2) is 42.2 Å².